The lowest BCUT2D eigenvalue weighted by Gasteiger charge is -2.32. The van der Waals surface area contributed by atoms with Gasteiger partial charge in [0.15, 0.2) is 0 Å². The highest BCUT2D eigenvalue weighted by Crippen LogP contribution is 2.15. The number of quaternary nitrogens is 1. The summed E-state index contributed by atoms with van der Waals surface area (Å²) >= 11 is 1.74. The maximum absolute atomic E-state index is 12.8. The Balaban J connectivity index is 1.30. The second-order valence-corrected chi connectivity index (χ2v) is 8.25. The lowest BCUT2D eigenvalue weighted by atomic mass is 10.1. The molecule has 2 amide bonds. The summed E-state index contributed by atoms with van der Waals surface area (Å²) in [4.78, 5) is 29.9. The molecule has 5 nitrogen and oxygen atoms in total. The molecule has 27 heavy (non-hydrogen) atoms. The van der Waals surface area contributed by atoms with Crippen molar-refractivity contribution in [2.45, 2.75) is 25.9 Å². The molecule has 1 N–H and O–H groups in total. The minimum atomic E-state index is 0.119. The molecule has 6 heteroatoms. The Hall–Kier alpha value is -2.18. The summed E-state index contributed by atoms with van der Waals surface area (Å²) in [5, 5.41) is 4.33. The van der Waals surface area contributed by atoms with Crippen LogP contribution in [0.15, 0.2) is 41.1 Å². The SMILES string of the molecule is O=C1CCCN1Cc1ccc(C(=O)N2CC[NH+](Cc3ccsc3)CC2)cc1. The van der Waals surface area contributed by atoms with Crippen LogP contribution in [0.25, 0.3) is 0 Å². The first kappa shape index (κ1) is 18.2. The molecule has 1 aromatic carbocycles. The van der Waals surface area contributed by atoms with E-state index >= 15 is 0 Å². The van der Waals surface area contributed by atoms with Crippen LogP contribution in [-0.4, -0.2) is 54.3 Å². The van der Waals surface area contributed by atoms with Crippen molar-refractivity contribution in [3.63, 3.8) is 0 Å². The summed E-state index contributed by atoms with van der Waals surface area (Å²) in [6.45, 7) is 6.16. The van der Waals surface area contributed by atoms with Gasteiger partial charge in [0.2, 0.25) is 5.91 Å². The highest BCUT2D eigenvalue weighted by Gasteiger charge is 2.25. The number of carbonyl (C=O) groups excluding carboxylic acids is 2. The molecule has 0 atom stereocenters. The highest BCUT2D eigenvalue weighted by molar-refractivity contribution is 7.07. The summed E-state index contributed by atoms with van der Waals surface area (Å²) < 4.78 is 0. The van der Waals surface area contributed by atoms with Crippen molar-refractivity contribution in [1.82, 2.24) is 9.80 Å². The minimum Gasteiger partial charge on any atom is -0.338 e. The van der Waals surface area contributed by atoms with Crippen molar-refractivity contribution in [3.05, 3.63) is 57.8 Å². The normalized spacial score (nSPS) is 18.3. The van der Waals surface area contributed by atoms with Crippen molar-refractivity contribution < 1.29 is 14.5 Å². The number of amides is 2. The summed E-state index contributed by atoms with van der Waals surface area (Å²) in [6, 6.07) is 9.96. The van der Waals surface area contributed by atoms with Gasteiger partial charge in [-0.05, 0) is 40.9 Å². The van der Waals surface area contributed by atoms with Crippen LogP contribution in [0.4, 0.5) is 0 Å². The molecule has 2 fully saturated rings. The standard InChI is InChI=1S/C21H25N3O2S/c25-20-2-1-8-24(20)15-17-3-5-19(6-4-17)21(26)23-11-9-22(10-12-23)14-18-7-13-27-16-18/h3-7,13,16H,1-2,8-12,14-15H2/p+1. The molecule has 2 aliphatic rings. The number of hydrogen-bond donors (Lipinski definition) is 1. The average Bonchev–Trinajstić information content (AvgIpc) is 3.35. The average molecular weight is 385 g/mol. The Bertz CT molecular complexity index is 780. The number of carbonyl (C=O) groups is 2. The number of likely N-dealkylation sites (tertiary alicyclic amines) is 1. The molecule has 142 valence electrons. The van der Waals surface area contributed by atoms with Crippen molar-refractivity contribution in [2.24, 2.45) is 0 Å². The summed E-state index contributed by atoms with van der Waals surface area (Å²) in [7, 11) is 0. The maximum Gasteiger partial charge on any atom is 0.254 e. The van der Waals surface area contributed by atoms with Gasteiger partial charge in [-0.2, -0.15) is 11.3 Å². The summed E-state index contributed by atoms with van der Waals surface area (Å²) in [5.74, 6) is 0.353. The van der Waals surface area contributed by atoms with E-state index in [1.54, 1.807) is 16.2 Å². The van der Waals surface area contributed by atoms with E-state index < -0.39 is 0 Å². The van der Waals surface area contributed by atoms with Crippen molar-refractivity contribution in [2.75, 3.05) is 32.7 Å². The first-order chi connectivity index (χ1) is 13.2. The van der Waals surface area contributed by atoms with Crippen molar-refractivity contribution >= 4 is 23.2 Å². The van der Waals surface area contributed by atoms with Crippen LogP contribution in [0.2, 0.25) is 0 Å². The summed E-state index contributed by atoms with van der Waals surface area (Å²) in [6.07, 6.45) is 1.62. The summed E-state index contributed by atoms with van der Waals surface area (Å²) in [5.41, 5.74) is 3.22. The third-order valence-electron chi connectivity index (χ3n) is 5.54. The molecule has 4 rings (SSSR count). The van der Waals surface area contributed by atoms with Crippen LogP contribution in [0.3, 0.4) is 0 Å². The molecule has 1 aromatic heterocycles. The van der Waals surface area contributed by atoms with Gasteiger partial charge < -0.3 is 14.7 Å². The van der Waals surface area contributed by atoms with Crippen molar-refractivity contribution in [3.8, 4) is 0 Å². The van der Waals surface area contributed by atoms with Gasteiger partial charge in [-0.25, -0.2) is 0 Å². The van der Waals surface area contributed by atoms with E-state index in [-0.39, 0.29) is 11.8 Å². The fraction of sp³-hybridized carbons (Fsp3) is 0.429. The van der Waals surface area contributed by atoms with Gasteiger partial charge in [-0.3, -0.25) is 9.59 Å². The molecule has 2 saturated heterocycles. The Labute approximate surface area is 164 Å². The van der Waals surface area contributed by atoms with E-state index in [0.717, 1.165) is 56.8 Å². The Morgan fingerprint density at radius 2 is 1.81 bits per heavy atom. The number of nitrogens with one attached hydrogen (secondary N) is 1. The van der Waals surface area contributed by atoms with Gasteiger partial charge in [-0.1, -0.05) is 12.1 Å². The first-order valence-electron chi connectivity index (χ1n) is 9.70. The predicted molar refractivity (Wildman–Crippen MR) is 106 cm³/mol. The molecule has 0 unspecified atom stereocenters. The molecule has 0 saturated carbocycles. The van der Waals surface area contributed by atoms with Gasteiger partial charge in [0.05, 0.1) is 26.2 Å². The van der Waals surface area contributed by atoms with E-state index in [1.807, 2.05) is 34.1 Å². The Kier molecular flexibility index (Phi) is 5.55. The monoisotopic (exact) mass is 384 g/mol. The minimum absolute atomic E-state index is 0.119. The largest absolute Gasteiger partial charge is 0.338 e. The van der Waals surface area contributed by atoms with Crippen LogP contribution in [0.5, 0.6) is 0 Å². The molecule has 0 spiro atoms. The number of piperazine rings is 1. The van der Waals surface area contributed by atoms with Crippen LogP contribution in [0, 0.1) is 0 Å². The fourth-order valence-electron chi connectivity index (χ4n) is 3.91. The topological polar surface area (TPSA) is 45.1 Å². The van der Waals surface area contributed by atoms with Crippen LogP contribution in [-0.2, 0) is 17.9 Å². The Morgan fingerprint density at radius 1 is 1.04 bits per heavy atom. The second kappa shape index (κ2) is 8.23. The Morgan fingerprint density at radius 3 is 2.44 bits per heavy atom. The molecular weight excluding hydrogens is 358 g/mol. The molecule has 3 heterocycles. The molecule has 0 radical (unpaired) electrons. The molecular formula is C21H26N3O2S+. The van der Waals surface area contributed by atoms with E-state index in [1.165, 1.54) is 5.56 Å². The van der Waals surface area contributed by atoms with E-state index in [4.69, 9.17) is 0 Å². The van der Waals surface area contributed by atoms with Crippen LogP contribution in [0.1, 0.15) is 34.3 Å². The fourth-order valence-corrected chi connectivity index (χ4v) is 4.58. The van der Waals surface area contributed by atoms with Crippen LogP contribution < -0.4 is 4.90 Å². The zero-order valence-electron chi connectivity index (χ0n) is 15.5. The number of rotatable bonds is 5. The van der Waals surface area contributed by atoms with E-state index in [2.05, 4.69) is 16.8 Å². The van der Waals surface area contributed by atoms with Gasteiger partial charge in [0.1, 0.15) is 6.54 Å². The van der Waals surface area contributed by atoms with E-state index in [9.17, 15) is 9.59 Å². The quantitative estimate of drug-likeness (QED) is 0.847. The van der Waals surface area contributed by atoms with Gasteiger partial charge in [0, 0.05) is 30.6 Å². The molecule has 2 aliphatic heterocycles. The zero-order valence-corrected chi connectivity index (χ0v) is 16.3. The van der Waals surface area contributed by atoms with Crippen molar-refractivity contribution in [1.29, 1.82) is 0 Å². The third kappa shape index (κ3) is 4.39. The number of nitrogens with zero attached hydrogens (tertiary/aromatic N) is 2. The van der Waals surface area contributed by atoms with Gasteiger partial charge in [0.25, 0.3) is 5.91 Å². The smallest absolute Gasteiger partial charge is 0.254 e. The first-order valence-corrected chi connectivity index (χ1v) is 10.6. The molecule has 0 bridgehead atoms. The number of hydrogen-bond acceptors (Lipinski definition) is 3. The molecule has 0 aliphatic carbocycles. The lowest BCUT2D eigenvalue weighted by molar-refractivity contribution is -0.917. The molecule has 2 aromatic rings. The lowest BCUT2D eigenvalue weighted by Crippen LogP contribution is -3.13. The zero-order chi connectivity index (χ0) is 18.6. The number of benzene rings is 1. The van der Waals surface area contributed by atoms with Crippen LogP contribution >= 0.6 is 11.3 Å². The third-order valence-corrected chi connectivity index (χ3v) is 6.27. The van der Waals surface area contributed by atoms with E-state index in [0.29, 0.717) is 13.0 Å². The van der Waals surface area contributed by atoms with Gasteiger partial charge in [-0.15, -0.1) is 0 Å². The second-order valence-electron chi connectivity index (χ2n) is 7.47. The van der Waals surface area contributed by atoms with Gasteiger partial charge >= 0.3 is 0 Å². The highest BCUT2D eigenvalue weighted by atomic mass is 32.1. The number of thiophene rings is 1. The maximum atomic E-state index is 12.8. The predicted octanol–water partition coefficient (Wildman–Crippen LogP) is 1.41.